The third kappa shape index (κ3) is 5.42. The number of hydrogen-bond acceptors (Lipinski definition) is 4. The van der Waals surface area contributed by atoms with E-state index >= 15 is 0 Å². The molecule has 0 heterocycles. The number of carbonyl (C=O) groups excluding carboxylic acids is 1. The van der Waals surface area contributed by atoms with Gasteiger partial charge in [0.25, 0.3) is 0 Å². The lowest BCUT2D eigenvalue weighted by molar-refractivity contribution is -0.116. The van der Waals surface area contributed by atoms with Gasteiger partial charge in [0.15, 0.2) is 0 Å². The van der Waals surface area contributed by atoms with Crippen LogP contribution in [0.4, 0.5) is 0 Å². The maximum atomic E-state index is 12.4. The van der Waals surface area contributed by atoms with Crippen LogP contribution in [0.2, 0.25) is 0 Å². The van der Waals surface area contributed by atoms with Crippen molar-refractivity contribution in [3.63, 3.8) is 0 Å². The molecule has 0 aromatic heterocycles. The van der Waals surface area contributed by atoms with Crippen molar-refractivity contribution in [2.75, 3.05) is 20.7 Å². The summed E-state index contributed by atoms with van der Waals surface area (Å²) in [6, 6.07) is 14.0. The first-order valence-corrected chi connectivity index (χ1v) is 9.98. The van der Waals surface area contributed by atoms with E-state index in [9.17, 15) is 13.2 Å². The van der Waals surface area contributed by atoms with Gasteiger partial charge in [0.2, 0.25) is 15.9 Å². The Labute approximate surface area is 160 Å². The van der Waals surface area contributed by atoms with Crippen molar-refractivity contribution in [2.45, 2.75) is 18.4 Å². The number of sulfonamides is 1. The Bertz CT molecular complexity index is 921. The normalized spacial score (nSPS) is 11.7. The van der Waals surface area contributed by atoms with Crippen LogP contribution in [-0.4, -0.2) is 39.3 Å². The van der Waals surface area contributed by atoms with Gasteiger partial charge in [-0.25, -0.2) is 12.7 Å². The molecule has 0 unspecified atom stereocenters. The predicted octanol–water partition coefficient (Wildman–Crippen LogP) is 2.67. The van der Waals surface area contributed by atoms with Crippen molar-refractivity contribution in [3.05, 3.63) is 65.7 Å². The van der Waals surface area contributed by atoms with Gasteiger partial charge in [0.05, 0.1) is 11.5 Å². The molecule has 1 amide bonds. The van der Waals surface area contributed by atoms with Gasteiger partial charge >= 0.3 is 0 Å². The molecule has 2 aromatic rings. The second kappa shape index (κ2) is 9.34. The molecule has 2 aromatic carbocycles. The monoisotopic (exact) mass is 388 g/mol. The van der Waals surface area contributed by atoms with E-state index in [1.807, 2.05) is 31.2 Å². The van der Waals surface area contributed by atoms with E-state index in [0.29, 0.717) is 17.9 Å². The van der Waals surface area contributed by atoms with Crippen LogP contribution in [0.3, 0.4) is 0 Å². The molecule has 0 aliphatic rings. The molecular weight excluding hydrogens is 364 g/mol. The number of amides is 1. The first-order chi connectivity index (χ1) is 12.9. The molecule has 0 spiro atoms. The van der Waals surface area contributed by atoms with Crippen molar-refractivity contribution < 1.29 is 17.9 Å². The summed E-state index contributed by atoms with van der Waals surface area (Å²) in [5, 5.41) is 2.72. The number of benzene rings is 2. The van der Waals surface area contributed by atoms with Gasteiger partial charge in [-0.3, -0.25) is 4.79 Å². The number of ether oxygens (including phenoxy) is 1. The lowest BCUT2D eigenvalue weighted by Crippen LogP contribution is -2.26. The molecule has 0 fully saturated rings. The van der Waals surface area contributed by atoms with E-state index in [-0.39, 0.29) is 17.3 Å². The van der Waals surface area contributed by atoms with E-state index in [0.717, 1.165) is 9.87 Å². The van der Waals surface area contributed by atoms with Crippen LogP contribution in [0.5, 0.6) is 5.75 Å². The maximum absolute atomic E-state index is 12.4. The fourth-order valence-electron chi connectivity index (χ4n) is 2.41. The van der Waals surface area contributed by atoms with Crippen molar-refractivity contribution in [3.8, 4) is 5.75 Å². The largest absolute Gasteiger partial charge is 0.493 e. The standard InChI is InChI=1S/C20H24N2O4S/c1-4-26-18-11-7-5-9-16(18)13-14-20(23)21-15-17-10-6-8-12-19(17)27(24,25)22(2)3/h5-14H,4,15H2,1-3H3,(H,21,23)/b14-13+. The highest BCUT2D eigenvalue weighted by Crippen LogP contribution is 2.20. The van der Waals surface area contributed by atoms with Crippen LogP contribution >= 0.6 is 0 Å². The fourth-order valence-corrected chi connectivity index (χ4v) is 3.53. The Morgan fingerprint density at radius 1 is 1.11 bits per heavy atom. The van der Waals surface area contributed by atoms with E-state index in [1.165, 1.54) is 26.2 Å². The molecule has 0 atom stereocenters. The van der Waals surface area contributed by atoms with Crippen LogP contribution < -0.4 is 10.1 Å². The van der Waals surface area contributed by atoms with Gasteiger partial charge in [0, 0.05) is 32.3 Å². The molecule has 0 saturated heterocycles. The topological polar surface area (TPSA) is 75.7 Å². The lowest BCUT2D eigenvalue weighted by Gasteiger charge is -2.15. The van der Waals surface area contributed by atoms with E-state index in [1.54, 1.807) is 24.3 Å². The first-order valence-electron chi connectivity index (χ1n) is 8.54. The molecule has 0 radical (unpaired) electrons. The molecule has 7 heteroatoms. The summed E-state index contributed by atoms with van der Waals surface area (Å²) < 4.78 is 31.5. The second-order valence-electron chi connectivity index (χ2n) is 5.92. The number of nitrogens with one attached hydrogen (secondary N) is 1. The van der Waals surface area contributed by atoms with Crippen LogP contribution in [0, 0.1) is 0 Å². The molecule has 0 bridgehead atoms. The summed E-state index contributed by atoms with van der Waals surface area (Å²) in [5.41, 5.74) is 1.33. The molecule has 6 nitrogen and oxygen atoms in total. The molecule has 27 heavy (non-hydrogen) atoms. The minimum Gasteiger partial charge on any atom is -0.493 e. The van der Waals surface area contributed by atoms with Gasteiger partial charge in [-0.05, 0) is 30.7 Å². The average Bonchev–Trinajstić information content (AvgIpc) is 2.66. The maximum Gasteiger partial charge on any atom is 0.244 e. The molecule has 144 valence electrons. The Kier molecular flexibility index (Phi) is 7.15. The van der Waals surface area contributed by atoms with Crippen molar-refractivity contribution in [1.29, 1.82) is 0 Å². The van der Waals surface area contributed by atoms with Gasteiger partial charge in [-0.15, -0.1) is 0 Å². The summed E-state index contributed by atoms with van der Waals surface area (Å²) in [4.78, 5) is 12.3. The third-order valence-corrected chi connectivity index (χ3v) is 5.73. The van der Waals surface area contributed by atoms with Crippen LogP contribution in [0.25, 0.3) is 6.08 Å². The summed E-state index contributed by atoms with van der Waals surface area (Å²) >= 11 is 0. The van der Waals surface area contributed by atoms with Crippen LogP contribution in [0.1, 0.15) is 18.1 Å². The first kappa shape index (κ1) is 20.7. The van der Waals surface area contributed by atoms with Crippen LogP contribution in [0.15, 0.2) is 59.5 Å². The van der Waals surface area contributed by atoms with Crippen molar-refractivity contribution in [2.24, 2.45) is 0 Å². The minimum atomic E-state index is -3.58. The summed E-state index contributed by atoms with van der Waals surface area (Å²) in [6.45, 7) is 2.54. The Balaban J connectivity index is 2.09. The highest BCUT2D eigenvalue weighted by molar-refractivity contribution is 7.89. The van der Waals surface area contributed by atoms with Crippen LogP contribution in [-0.2, 0) is 21.4 Å². The number of rotatable bonds is 8. The van der Waals surface area contributed by atoms with Crippen molar-refractivity contribution >= 4 is 22.0 Å². The van der Waals surface area contributed by atoms with E-state index in [2.05, 4.69) is 5.32 Å². The van der Waals surface area contributed by atoms with Crippen molar-refractivity contribution in [1.82, 2.24) is 9.62 Å². The Hall–Kier alpha value is -2.64. The summed E-state index contributed by atoms with van der Waals surface area (Å²) in [7, 11) is -0.624. The zero-order valence-corrected chi connectivity index (χ0v) is 16.5. The zero-order chi connectivity index (χ0) is 19.9. The molecule has 1 N–H and O–H groups in total. The average molecular weight is 388 g/mol. The van der Waals surface area contributed by atoms with E-state index < -0.39 is 10.0 Å². The molecule has 0 saturated carbocycles. The number of para-hydroxylation sites is 1. The number of carbonyl (C=O) groups is 1. The fraction of sp³-hybridized carbons (Fsp3) is 0.250. The highest BCUT2D eigenvalue weighted by Gasteiger charge is 2.20. The summed E-state index contributed by atoms with van der Waals surface area (Å²) in [6.07, 6.45) is 3.07. The molecule has 0 aliphatic carbocycles. The van der Waals surface area contributed by atoms with Gasteiger partial charge in [-0.2, -0.15) is 0 Å². The quantitative estimate of drug-likeness (QED) is 0.706. The minimum absolute atomic E-state index is 0.111. The predicted molar refractivity (Wildman–Crippen MR) is 106 cm³/mol. The molecule has 2 rings (SSSR count). The number of hydrogen-bond donors (Lipinski definition) is 1. The molecule has 0 aliphatic heterocycles. The Morgan fingerprint density at radius 2 is 1.78 bits per heavy atom. The molecular formula is C20H24N2O4S. The number of nitrogens with zero attached hydrogens (tertiary/aromatic N) is 1. The van der Waals surface area contributed by atoms with E-state index in [4.69, 9.17) is 4.74 Å². The Morgan fingerprint density at radius 3 is 2.48 bits per heavy atom. The van der Waals surface area contributed by atoms with Gasteiger partial charge in [-0.1, -0.05) is 36.4 Å². The smallest absolute Gasteiger partial charge is 0.244 e. The van der Waals surface area contributed by atoms with Gasteiger partial charge in [0.1, 0.15) is 5.75 Å². The second-order valence-corrected chi connectivity index (χ2v) is 8.04. The van der Waals surface area contributed by atoms with Gasteiger partial charge < -0.3 is 10.1 Å². The third-order valence-electron chi connectivity index (χ3n) is 3.82. The highest BCUT2D eigenvalue weighted by atomic mass is 32.2. The lowest BCUT2D eigenvalue weighted by atomic mass is 10.2. The summed E-state index contributed by atoms with van der Waals surface area (Å²) in [5.74, 6) is 0.379. The SMILES string of the molecule is CCOc1ccccc1/C=C/C(=O)NCc1ccccc1S(=O)(=O)N(C)C. The zero-order valence-electron chi connectivity index (χ0n) is 15.7.